The first-order chi connectivity index (χ1) is 9.31. The van der Waals surface area contributed by atoms with E-state index < -0.39 is 0 Å². The van der Waals surface area contributed by atoms with Crippen molar-refractivity contribution in [2.75, 3.05) is 19.6 Å². The summed E-state index contributed by atoms with van der Waals surface area (Å²) in [6.45, 7) is 13.9. The van der Waals surface area contributed by atoms with Crippen LogP contribution in [0.4, 0.5) is 0 Å². The van der Waals surface area contributed by atoms with Gasteiger partial charge in [0.25, 0.3) is 0 Å². The molecular formula is C17H35N3Zr. The zero-order valence-electron chi connectivity index (χ0n) is 14.7. The first-order valence-corrected chi connectivity index (χ1v) is 7.42. The summed E-state index contributed by atoms with van der Waals surface area (Å²) < 4.78 is 0. The SMILES string of the molecule is CC(C)C[NH-].CC(C)C[NH-].CC(C)C[NH-].[Zr+4].c1cc[cH-]c1. The molecule has 3 nitrogen and oxygen atoms in total. The minimum absolute atomic E-state index is 0. The van der Waals surface area contributed by atoms with Crippen LogP contribution in [0.3, 0.4) is 0 Å². The molecule has 0 unspecified atom stereocenters. The standard InChI is InChI=1S/C5H5.3C4H10N.Zr/c1-2-4-5-3-1;3*1-4(2)3-5;/h1-5H;3*4-5H,3H2,1-2H3;/q4*-1;+4. The van der Waals surface area contributed by atoms with Crippen LogP contribution in [0.25, 0.3) is 17.2 Å². The van der Waals surface area contributed by atoms with E-state index in [0.717, 1.165) is 0 Å². The average molecular weight is 373 g/mol. The maximum Gasteiger partial charge on any atom is 4.00 e. The van der Waals surface area contributed by atoms with Crippen LogP contribution in [0.5, 0.6) is 0 Å². The Kier molecular flexibility index (Phi) is 34.8. The molecule has 0 amide bonds. The molecule has 4 heteroatoms. The monoisotopic (exact) mass is 371 g/mol. The molecule has 0 aliphatic heterocycles. The van der Waals surface area contributed by atoms with Crippen LogP contribution in [0, 0.1) is 17.8 Å². The largest absolute Gasteiger partial charge is 4.00 e. The second kappa shape index (κ2) is 25.1. The molecule has 0 aromatic heterocycles. The van der Waals surface area contributed by atoms with E-state index in [4.69, 9.17) is 17.2 Å². The Morgan fingerprint density at radius 2 is 0.857 bits per heavy atom. The molecule has 0 bridgehead atoms. The molecule has 0 aliphatic carbocycles. The van der Waals surface area contributed by atoms with Gasteiger partial charge in [0.1, 0.15) is 0 Å². The van der Waals surface area contributed by atoms with E-state index >= 15 is 0 Å². The van der Waals surface area contributed by atoms with Crippen molar-refractivity contribution >= 4 is 0 Å². The van der Waals surface area contributed by atoms with Gasteiger partial charge in [0.2, 0.25) is 0 Å². The summed E-state index contributed by atoms with van der Waals surface area (Å²) in [5.74, 6) is 1.65. The topological polar surface area (TPSA) is 71.4 Å². The third kappa shape index (κ3) is 53.4. The summed E-state index contributed by atoms with van der Waals surface area (Å²) in [7, 11) is 0. The molecule has 0 saturated carbocycles. The molecule has 3 N–H and O–H groups in total. The molecule has 0 fully saturated rings. The number of nitrogens with one attached hydrogen (secondary N) is 3. The summed E-state index contributed by atoms with van der Waals surface area (Å²) >= 11 is 0. The molecule has 0 aliphatic rings. The van der Waals surface area contributed by atoms with Gasteiger partial charge in [0.05, 0.1) is 0 Å². The van der Waals surface area contributed by atoms with Crippen molar-refractivity contribution in [3.8, 4) is 0 Å². The van der Waals surface area contributed by atoms with Gasteiger partial charge in [-0.3, -0.25) is 0 Å². The molecule has 1 rings (SSSR count). The summed E-state index contributed by atoms with van der Waals surface area (Å²) in [6.07, 6.45) is 0. The smallest absolute Gasteiger partial charge is 0.677 e. The normalized spacial score (nSPS) is 8.76. The molecule has 0 radical (unpaired) electrons. The van der Waals surface area contributed by atoms with E-state index in [9.17, 15) is 0 Å². The van der Waals surface area contributed by atoms with E-state index in [-0.39, 0.29) is 26.2 Å². The van der Waals surface area contributed by atoms with Crippen LogP contribution >= 0.6 is 0 Å². The van der Waals surface area contributed by atoms with Gasteiger partial charge in [-0.15, -0.1) is 19.6 Å². The molecule has 21 heavy (non-hydrogen) atoms. The second-order valence-electron chi connectivity index (χ2n) is 5.76. The van der Waals surface area contributed by atoms with Crippen molar-refractivity contribution in [3.63, 3.8) is 0 Å². The van der Waals surface area contributed by atoms with Gasteiger partial charge in [0.15, 0.2) is 0 Å². The van der Waals surface area contributed by atoms with Gasteiger partial charge in [-0.05, 0) is 0 Å². The van der Waals surface area contributed by atoms with Gasteiger partial charge in [-0.1, -0.05) is 59.3 Å². The van der Waals surface area contributed by atoms with E-state index in [1.807, 2.05) is 71.9 Å². The number of hydrogen-bond acceptors (Lipinski definition) is 0. The van der Waals surface area contributed by atoms with E-state index in [1.54, 1.807) is 0 Å². The Balaban J connectivity index is -0.0000000903. The molecule has 0 spiro atoms. The van der Waals surface area contributed by atoms with Crippen LogP contribution in [-0.2, 0) is 26.2 Å². The van der Waals surface area contributed by atoms with Crippen LogP contribution in [-0.4, -0.2) is 19.6 Å². The van der Waals surface area contributed by atoms with Crippen LogP contribution in [0.2, 0.25) is 0 Å². The maximum absolute atomic E-state index is 6.66. The molecule has 1 aromatic rings. The Morgan fingerprint density at radius 1 is 0.667 bits per heavy atom. The summed E-state index contributed by atoms with van der Waals surface area (Å²) in [6, 6.07) is 10.0. The van der Waals surface area contributed by atoms with Gasteiger partial charge in [-0.2, -0.15) is 18.2 Å². The van der Waals surface area contributed by atoms with E-state index in [0.29, 0.717) is 37.4 Å². The van der Waals surface area contributed by atoms with Crippen molar-refractivity contribution in [1.29, 1.82) is 0 Å². The minimum atomic E-state index is 0. The van der Waals surface area contributed by atoms with Crippen LogP contribution in [0.15, 0.2) is 30.3 Å². The Morgan fingerprint density at radius 3 is 0.905 bits per heavy atom. The number of rotatable bonds is 3. The first-order valence-electron chi connectivity index (χ1n) is 7.42. The fourth-order valence-corrected chi connectivity index (χ4v) is 0.321. The van der Waals surface area contributed by atoms with Gasteiger partial charge >= 0.3 is 26.2 Å². The Bertz CT molecular complexity index is 186. The van der Waals surface area contributed by atoms with Crippen molar-refractivity contribution < 1.29 is 26.2 Å². The summed E-state index contributed by atoms with van der Waals surface area (Å²) in [5.41, 5.74) is 20.0. The second-order valence-corrected chi connectivity index (χ2v) is 5.76. The Labute approximate surface area is 152 Å². The zero-order chi connectivity index (χ0) is 16.4. The van der Waals surface area contributed by atoms with Crippen molar-refractivity contribution in [2.24, 2.45) is 17.8 Å². The van der Waals surface area contributed by atoms with Gasteiger partial charge < -0.3 is 17.2 Å². The predicted octanol–water partition coefficient (Wildman–Crippen LogP) is 6.49. The van der Waals surface area contributed by atoms with E-state index in [2.05, 4.69) is 0 Å². The molecule has 0 saturated heterocycles. The number of hydrogen-bond donors (Lipinski definition) is 0. The first kappa shape index (κ1) is 29.2. The predicted molar refractivity (Wildman–Crippen MR) is 94.1 cm³/mol. The summed E-state index contributed by atoms with van der Waals surface area (Å²) in [5, 5.41) is 0. The summed E-state index contributed by atoms with van der Waals surface area (Å²) in [4.78, 5) is 0. The molecule has 1 aromatic carbocycles. The molecule has 0 atom stereocenters. The van der Waals surface area contributed by atoms with Gasteiger partial charge in [-0.25, -0.2) is 12.1 Å². The van der Waals surface area contributed by atoms with Crippen molar-refractivity contribution in [2.45, 2.75) is 41.5 Å². The third-order valence-corrected chi connectivity index (χ3v) is 1.78. The van der Waals surface area contributed by atoms with Crippen molar-refractivity contribution in [1.82, 2.24) is 0 Å². The van der Waals surface area contributed by atoms with Crippen LogP contribution in [0.1, 0.15) is 41.5 Å². The fraction of sp³-hybridized carbons (Fsp3) is 0.706. The van der Waals surface area contributed by atoms with Gasteiger partial charge in [0, 0.05) is 0 Å². The maximum atomic E-state index is 6.66. The fourth-order valence-electron chi connectivity index (χ4n) is 0.321. The zero-order valence-corrected chi connectivity index (χ0v) is 17.2. The molecule has 0 heterocycles. The molecular weight excluding hydrogens is 337 g/mol. The van der Waals surface area contributed by atoms with Crippen molar-refractivity contribution in [3.05, 3.63) is 47.5 Å². The quantitative estimate of drug-likeness (QED) is 0.544. The Hall–Kier alpha value is 0.113. The van der Waals surface area contributed by atoms with Crippen LogP contribution < -0.4 is 0 Å². The molecule has 122 valence electrons. The van der Waals surface area contributed by atoms with E-state index in [1.165, 1.54) is 0 Å². The minimum Gasteiger partial charge on any atom is -0.677 e. The third-order valence-electron chi connectivity index (χ3n) is 1.78. The average Bonchev–Trinajstić information content (AvgIpc) is 2.99.